The largest absolute Gasteiger partial charge is 0.326 e. The van der Waals surface area contributed by atoms with Crippen LogP contribution in [0.3, 0.4) is 0 Å². The van der Waals surface area contributed by atoms with Gasteiger partial charge in [-0.2, -0.15) is 0 Å². The van der Waals surface area contributed by atoms with E-state index >= 15 is 0 Å². The van der Waals surface area contributed by atoms with Crippen molar-refractivity contribution in [1.29, 1.82) is 0 Å². The summed E-state index contributed by atoms with van der Waals surface area (Å²) < 4.78 is 0. The molecule has 2 aromatic carbocycles. The normalized spacial score (nSPS) is 10.2. The van der Waals surface area contributed by atoms with Gasteiger partial charge in [0.05, 0.1) is 15.7 Å². The van der Waals surface area contributed by atoms with Crippen molar-refractivity contribution in [3.05, 3.63) is 52.5 Å². The zero-order valence-corrected chi connectivity index (χ0v) is 15.7. The van der Waals surface area contributed by atoms with Crippen LogP contribution in [0, 0.1) is 0 Å². The topological polar surface area (TPSA) is 78.5 Å². The zero-order chi connectivity index (χ0) is 19.3. The Kier molecular flexibility index (Phi) is 6.60. The highest BCUT2D eigenvalue weighted by molar-refractivity contribution is 6.40. The van der Waals surface area contributed by atoms with E-state index in [0.29, 0.717) is 17.1 Å². The number of nitrogens with one attached hydrogen (secondary N) is 2. The number of rotatable bonds is 5. The predicted octanol–water partition coefficient (Wildman–Crippen LogP) is 3.94. The van der Waals surface area contributed by atoms with E-state index in [1.807, 2.05) is 0 Å². The minimum atomic E-state index is -0.413. The number of carbonyl (C=O) groups excluding carboxylic acids is 3. The smallest absolute Gasteiger partial charge is 0.244 e. The van der Waals surface area contributed by atoms with E-state index in [4.69, 9.17) is 23.2 Å². The summed E-state index contributed by atoms with van der Waals surface area (Å²) in [6.45, 7) is 2.49. The first-order valence-electron chi connectivity index (χ1n) is 7.67. The molecule has 2 N–H and O–H groups in total. The lowest BCUT2D eigenvalue weighted by Crippen LogP contribution is -2.37. The van der Waals surface area contributed by atoms with Crippen molar-refractivity contribution in [2.75, 3.05) is 22.1 Å². The molecule has 6 nitrogen and oxygen atoms in total. The average Bonchev–Trinajstić information content (AvgIpc) is 2.55. The SMILES string of the molecule is CC(=O)Nc1ccc(NC(=O)CN(C(C)=O)c2c(Cl)cccc2Cl)cc1. The second-order valence-electron chi connectivity index (χ2n) is 5.48. The van der Waals surface area contributed by atoms with Gasteiger partial charge in [0.15, 0.2) is 0 Å². The summed E-state index contributed by atoms with van der Waals surface area (Å²) in [4.78, 5) is 36.5. The summed E-state index contributed by atoms with van der Waals surface area (Å²) in [6, 6.07) is 11.4. The van der Waals surface area contributed by atoms with Gasteiger partial charge in [-0.15, -0.1) is 0 Å². The maximum Gasteiger partial charge on any atom is 0.244 e. The molecular formula is C18H17Cl2N3O3. The fraction of sp³-hybridized carbons (Fsp3) is 0.167. The van der Waals surface area contributed by atoms with Gasteiger partial charge in [-0.3, -0.25) is 14.4 Å². The van der Waals surface area contributed by atoms with Crippen molar-refractivity contribution < 1.29 is 14.4 Å². The van der Waals surface area contributed by atoms with Crippen LogP contribution >= 0.6 is 23.2 Å². The number of anilines is 3. The molecule has 0 atom stereocenters. The molecule has 0 fully saturated rings. The molecule has 136 valence electrons. The molecule has 0 aliphatic heterocycles. The second-order valence-corrected chi connectivity index (χ2v) is 6.30. The van der Waals surface area contributed by atoms with Crippen LogP contribution in [-0.2, 0) is 14.4 Å². The van der Waals surface area contributed by atoms with E-state index in [1.165, 1.54) is 18.7 Å². The van der Waals surface area contributed by atoms with E-state index in [9.17, 15) is 14.4 Å². The molecule has 0 unspecified atom stereocenters. The first kappa shape index (κ1) is 19.8. The quantitative estimate of drug-likeness (QED) is 0.806. The molecule has 0 aromatic heterocycles. The fourth-order valence-corrected chi connectivity index (χ4v) is 2.88. The van der Waals surface area contributed by atoms with Crippen molar-refractivity contribution in [1.82, 2.24) is 0 Å². The molecule has 0 aliphatic rings. The van der Waals surface area contributed by atoms with E-state index in [1.54, 1.807) is 42.5 Å². The van der Waals surface area contributed by atoms with Crippen LogP contribution in [0.25, 0.3) is 0 Å². The summed E-state index contributed by atoms with van der Waals surface area (Å²) in [5.41, 5.74) is 1.43. The van der Waals surface area contributed by atoms with Gasteiger partial charge in [-0.05, 0) is 36.4 Å². The number of hydrogen-bond donors (Lipinski definition) is 2. The van der Waals surface area contributed by atoms with Gasteiger partial charge in [0.1, 0.15) is 6.54 Å². The Morgan fingerprint density at radius 2 is 1.38 bits per heavy atom. The number of hydrogen-bond acceptors (Lipinski definition) is 3. The second kappa shape index (κ2) is 8.69. The van der Waals surface area contributed by atoms with Crippen molar-refractivity contribution in [2.45, 2.75) is 13.8 Å². The highest BCUT2D eigenvalue weighted by Crippen LogP contribution is 2.33. The van der Waals surface area contributed by atoms with Crippen molar-refractivity contribution in [2.24, 2.45) is 0 Å². The summed E-state index contributed by atoms with van der Waals surface area (Å²) in [5.74, 6) is -0.963. The Morgan fingerprint density at radius 3 is 1.85 bits per heavy atom. The van der Waals surface area contributed by atoms with Crippen LogP contribution in [0.1, 0.15) is 13.8 Å². The van der Waals surface area contributed by atoms with E-state index in [0.717, 1.165) is 0 Å². The summed E-state index contributed by atoms with van der Waals surface area (Å²) in [7, 11) is 0. The Labute approximate surface area is 161 Å². The number of para-hydroxylation sites is 1. The van der Waals surface area contributed by atoms with Crippen LogP contribution in [0.2, 0.25) is 10.0 Å². The van der Waals surface area contributed by atoms with Gasteiger partial charge in [0.2, 0.25) is 17.7 Å². The minimum Gasteiger partial charge on any atom is -0.326 e. The lowest BCUT2D eigenvalue weighted by atomic mass is 10.2. The average molecular weight is 394 g/mol. The van der Waals surface area contributed by atoms with Crippen molar-refractivity contribution >= 4 is 58.0 Å². The van der Waals surface area contributed by atoms with Crippen LogP contribution in [0.4, 0.5) is 17.1 Å². The molecule has 8 heteroatoms. The van der Waals surface area contributed by atoms with Gasteiger partial charge >= 0.3 is 0 Å². The van der Waals surface area contributed by atoms with Crippen LogP contribution in [0.15, 0.2) is 42.5 Å². The maximum atomic E-state index is 12.3. The predicted molar refractivity (Wildman–Crippen MR) is 104 cm³/mol. The zero-order valence-electron chi connectivity index (χ0n) is 14.2. The number of carbonyl (C=O) groups is 3. The summed E-state index contributed by atoms with van der Waals surface area (Å²) >= 11 is 12.3. The highest BCUT2D eigenvalue weighted by atomic mass is 35.5. The van der Waals surface area contributed by atoms with Gasteiger partial charge in [-0.25, -0.2) is 0 Å². The monoisotopic (exact) mass is 393 g/mol. The third kappa shape index (κ3) is 5.21. The van der Waals surface area contributed by atoms with E-state index < -0.39 is 5.91 Å². The molecule has 2 rings (SSSR count). The minimum absolute atomic E-state index is 0.185. The molecule has 0 saturated carbocycles. The van der Waals surface area contributed by atoms with E-state index in [-0.39, 0.29) is 28.4 Å². The molecule has 3 amide bonds. The number of nitrogens with zero attached hydrogens (tertiary/aromatic N) is 1. The van der Waals surface area contributed by atoms with Crippen LogP contribution < -0.4 is 15.5 Å². The Morgan fingerprint density at radius 1 is 0.885 bits per heavy atom. The molecule has 0 spiro atoms. The summed E-state index contributed by atoms with van der Waals surface area (Å²) in [5, 5.41) is 5.87. The van der Waals surface area contributed by atoms with Crippen LogP contribution in [-0.4, -0.2) is 24.3 Å². The molecule has 0 saturated heterocycles. The number of halogens is 2. The third-order valence-electron chi connectivity index (χ3n) is 3.38. The maximum absolute atomic E-state index is 12.3. The summed E-state index contributed by atoms with van der Waals surface area (Å²) in [6.07, 6.45) is 0. The highest BCUT2D eigenvalue weighted by Gasteiger charge is 2.21. The molecule has 0 aliphatic carbocycles. The van der Waals surface area contributed by atoms with Gasteiger partial charge in [0.25, 0.3) is 0 Å². The van der Waals surface area contributed by atoms with Gasteiger partial charge in [0, 0.05) is 25.2 Å². The first-order valence-corrected chi connectivity index (χ1v) is 8.43. The lowest BCUT2D eigenvalue weighted by molar-refractivity contribution is -0.120. The molecule has 0 heterocycles. The first-order chi connectivity index (χ1) is 12.3. The lowest BCUT2D eigenvalue weighted by Gasteiger charge is -2.23. The molecule has 0 radical (unpaired) electrons. The molecule has 0 bridgehead atoms. The van der Waals surface area contributed by atoms with Gasteiger partial charge < -0.3 is 15.5 Å². The van der Waals surface area contributed by atoms with Gasteiger partial charge in [-0.1, -0.05) is 29.3 Å². The van der Waals surface area contributed by atoms with Crippen molar-refractivity contribution in [3.63, 3.8) is 0 Å². The third-order valence-corrected chi connectivity index (χ3v) is 3.99. The molecule has 2 aromatic rings. The molecular weight excluding hydrogens is 377 g/mol. The Hall–Kier alpha value is -2.57. The number of benzene rings is 2. The Bertz CT molecular complexity index is 818. The number of amides is 3. The Balaban J connectivity index is 2.11. The van der Waals surface area contributed by atoms with Crippen molar-refractivity contribution in [3.8, 4) is 0 Å². The standard InChI is InChI=1S/C18H17Cl2N3O3/c1-11(24)21-13-6-8-14(9-7-13)22-17(26)10-23(12(2)25)18-15(19)4-3-5-16(18)20/h3-9H,10H2,1-2H3,(H,21,24)(H,22,26). The molecule has 26 heavy (non-hydrogen) atoms. The van der Waals surface area contributed by atoms with Crippen LogP contribution in [0.5, 0.6) is 0 Å². The fourth-order valence-electron chi connectivity index (χ4n) is 2.28. The van der Waals surface area contributed by atoms with E-state index in [2.05, 4.69) is 10.6 Å².